The topological polar surface area (TPSA) is 55.1 Å². The molecule has 2 aromatic rings. The molecule has 0 unspecified atom stereocenters. The second-order valence-corrected chi connectivity index (χ2v) is 4.93. The van der Waals surface area contributed by atoms with Crippen molar-refractivity contribution in [3.05, 3.63) is 52.8 Å². The summed E-state index contributed by atoms with van der Waals surface area (Å²) in [6, 6.07) is 11.4. The number of pyridine rings is 1. The summed E-state index contributed by atoms with van der Waals surface area (Å²) in [4.78, 5) is 4.01. The highest BCUT2D eigenvalue weighted by Crippen LogP contribution is 2.16. The largest absolute Gasteiger partial charge is 0.490 e. The zero-order chi connectivity index (χ0) is 14.2. The van der Waals surface area contributed by atoms with E-state index in [4.69, 9.17) is 14.7 Å². The highest BCUT2D eigenvalue weighted by Gasteiger charge is 1.98. The van der Waals surface area contributed by atoms with Gasteiger partial charge in [-0.3, -0.25) is 4.98 Å². The maximum Gasteiger partial charge on any atom is 0.138 e. The summed E-state index contributed by atoms with van der Waals surface area (Å²) in [5.74, 6) is 1.47. The summed E-state index contributed by atoms with van der Waals surface area (Å²) in [5.41, 5.74) is 0.983. The molecular weight excluding hydrogens is 320 g/mol. The van der Waals surface area contributed by atoms with Gasteiger partial charge in [-0.2, -0.15) is 5.26 Å². The zero-order valence-corrected chi connectivity index (χ0v) is 12.3. The number of halogens is 1. The Kier molecular flexibility index (Phi) is 5.39. The lowest BCUT2D eigenvalue weighted by molar-refractivity contribution is 0.216. The molecule has 1 heterocycles. The minimum atomic E-state index is 0.416. The fraction of sp³-hybridized carbons (Fsp3) is 0.200. The first kappa shape index (κ1) is 14.4. The van der Waals surface area contributed by atoms with E-state index in [-0.39, 0.29) is 0 Å². The van der Waals surface area contributed by atoms with E-state index in [1.54, 1.807) is 12.4 Å². The molecule has 0 aliphatic carbocycles. The zero-order valence-electron chi connectivity index (χ0n) is 10.8. The van der Waals surface area contributed by atoms with Gasteiger partial charge in [-0.25, -0.2) is 0 Å². The molecule has 0 fully saturated rings. The fourth-order valence-corrected chi connectivity index (χ4v) is 1.93. The Balaban J connectivity index is 1.74. The van der Waals surface area contributed by atoms with Crippen LogP contribution >= 0.6 is 15.9 Å². The molecule has 0 aliphatic rings. The normalized spacial score (nSPS) is 9.80. The molecule has 0 saturated carbocycles. The number of nitrogens with zero attached hydrogens (tertiary/aromatic N) is 2. The van der Waals surface area contributed by atoms with Crippen molar-refractivity contribution in [2.24, 2.45) is 0 Å². The number of aromatic nitrogens is 1. The van der Waals surface area contributed by atoms with Gasteiger partial charge in [0.1, 0.15) is 24.7 Å². The molecule has 0 radical (unpaired) electrons. The molecule has 0 spiro atoms. The lowest BCUT2D eigenvalue weighted by Gasteiger charge is -2.08. The minimum Gasteiger partial charge on any atom is -0.490 e. The Morgan fingerprint density at radius 1 is 1.05 bits per heavy atom. The molecule has 4 nitrogen and oxygen atoms in total. The maximum atomic E-state index is 8.58. The summed E-state index contributed by atoms with van der Waals surface area (Å²) >= 11 is 3.33. The van der Waals surface area contributed by atoms with Crippen LogP contribution in [0.3, 0.4) is 0 Å². The van der Waals surface area contributed by atoms with Crippen molar-refractivity contribution >= 4 is 15.9 Å². The van der Waals surface area contributed by atoms with Crippen LogP contribution in [0.4, 0.5) is 0 Å². The summed E-state index contributed by atoms with van der Waals surface area (Å²) in [5, 5.41) is 8.58. The van der Waals surface area contributed by atoms with Crippen molar-refractivity contribution in [3.63, 3.8) is 0 Å². The summed E-state index contributed by atoms with van der Waals surface area (Å²) < 4.78 is 11.9. The Morgan fingerprint density at radius 3 is 2.40 bits per heavy atom. The quantitative estimate of drug-likeness (QED) is 0.761. The van der Waals surface area contributed by atoms with Gasteiger partial charge in [0.25, 0.3) is 0 Å². The third-order valence-electron chi connectivity index (χ3n) is 2.51. The third-order valence-corrected chi connectivity index (χ3v) is 2.94. The van der Waals surface area contributed by atoms with E-state index in [9.17, 15) is 0 Å². The fourth-order valence-electron chi connectivity index (χ4n) is 1.59. The van der Waals surface area contributed by atoms with Crippen LogP contribution in [0.25, 0.3) is 0 Å². The van der Waals surface area contributed by atoms with E-state index < -0.39 is 0 Å². The van der Waals surface area contributed by atoms with Gasteiger partial charge in [-0.1, -0.05) is 12.1 Å². The van der Waals surface area contributed by atoms with Crippen molar-refractivity contribution in [1.29, 1.82) is 5.26 Å². The number of hydrogen-bond donors (Lipinski definition) is 0. The number of ether oxygens (including phenoxy) is 2. The predicted octanol–water partition coefficient (Wildman–Crippen LogP) is 3.37. The van der Waals surface area contributed by atoms with Crippen LogP contribution in [-0.4, -0.2) is 18.2 Å². The van der Waals surface area contributed by atoms with E-state index >= 15 is 0 Å². The molecule has 102 valence electrons. The SMILES string of the molecule is N#CCc1ccc(OCCOc2cncc(Br)c2)cc1. The smallest absolute Gasteiger partial charge is 0.138 e. The number of nitriles is 1. The molecule has 1 aromatic heterocycles. The monoisotopic (exact) mass is 332 g/mol. The Hall–Kier alpha value is -2.06. The first-order valence-electron chi connectivity index (χ1n) is 6.10. The third kappa shape index (κ3) is 4.56. The molecule has 1 aromatic carbocycles. The van der Waals surface area contributed by atoms with Gasteiger partial charge in [0.2, 0.25) is 0 Å². The van der Waals surface area contributed by atoms with Crippen molar-refractivity contribution in [3.8, 4) is 17.6 Å². The second-order valence-electron chi connectivity index (χ2n) is 4.01. The molecule has 0 saturated heterocycles. The summed E-state index contributed by atoms with van der Waals surface area (Å²) in [6.45, 7) is 0.891. The number of benzene rings is 1. The van der Waals surface area contributed by atoms with Crippen LogP contribution in [0.2, 0.25) is 0 Å². The lowest BCUT2D eigenvalue weighted by atomic mass is 10.2. The minimum absolute atomic E-state index is 0.416. The number of hydrogen-bond acceptors (Lipinski definition) is 4. The van der Waals surface area contributed by atoms with Gasteiger partial charge in [-0.15, -0.1) is 0 Å². The predicted molar refractivity (Wildman–Crippen MR) is 78.7 cm³/mol. The molecule has 5 heteroatoms. The van der Waals surface area contributed by atoms with E-state index in [0.717, 1.165) is 15.8 Å². The molecule has 20 heavy (non-hydrogen) atoms. The van der Waals surface area contributed by atoms with Gasteiger partial charge >= 0.3 is 0 Å². The molecule has 0 N–H and O–H groups in total. The average molecular weight is 333 g/mol. The highest BCUT2D eigenvalue weighted by atomic mass is 79.9. The molecule has 0 amide bonds. The first-order valence-corrected chi connectivity index (χ1v) is 6.89. The van der Waals surface area contributed by atoms with Crippen molar-refractivity contribution < 1.29 is 9.47 Å². The van der Waals surface area contributed by atoms with Crippen LogP contribution in [0.1, 0.15) is 5.56 Å². The van der Waals surface area contributed by atoms with E-state index in [0.29, 0.717) is 25.4 Å². The van der Waals surface area contributed by atoms with Gasteiger partial charge in [0.05, 0.1) is 18.7 Å². The van der Waals surface area contributed by atoms with Crippen LogP contribution in [0, 0.1) is 11.3 Å². The van der Waals surface area contributed by atoms with E-state index in [1.807, 2.05) is 30.3 Å². The molecule has 0 bridgehead atoms. The van der Waals surface area contributed by atoms with Gasteiger partial charge in [-0.05, 0) is 39.7 Å². The van der Waals surface area contributed by atoms with Crippen molar-refractivity contribution in [2.45, 2.75) is 6.42 Å². The second kappa shape index (κ2) is 7.51. The average Bonchev–Trinajstić information content (AvgIpc) is 2.46. The van der Waals surface area contributed by atoms with Crippen LogP contribution in [0.5, 0.6) is 11.5 Å². The Morgan fingerprint density at radius 2 is 1.75 bits per heavy atom. The van der Waals surface area contributed by atoms with Crippen molar-refractivity contribution in [2.75, 3.05) is 13.2 Å². The van der Waals surface area contributed by atoms with Gasteiger partial charge in [0, 0.05) is 10.7 Å². The molecule has 0 aliphatic heterocycles. The van der Waals surface area contributed by atoms with Gasteiger partial charge < -0.3 is 9.47 Å². The van der Waals surface area contributed by atoms with Crippen LogP contribution < -0.4 is 9.47 Å². The summed E-state index contributed by atoms with van der Waals surface area (Å²) in [6.07, 6.45) is 3.77. The summed E-state index contributed by atoms with van der Waals surface area (Å²) in [7, 11) is 0. The highest BCUT2D eigenvalue weighted by molar-refractivity contribution is 9.10. The molecular formula is C15H13BrN2O2. The van der Waals surface area contributed by atoms with Crippen LogP contribution in [0.15, 0.2) is 47.2 Å². The van der Waals surface area contributed by atoms with Crippen molar-refractivity contribution in [1.82, 2.24) is 4.98 Å². The lowest BCUT2D eigenvalue weighted by Crippen LogP contribution is -2.09. The first-order chi connectivity index (χ1) is 9.78. The van der Waals surface area contributed by atoms with E-state index in [2.05, 4.69) is 27.0 Å². The van der Waals surface area contributed by atoms with Crippen LogP contribution in [-0.2, 0) is 6.42 Å². The number of rotatable bonds is 6. The van der Waals surface area contributed by atoms with E-state index in [1.165, 1.54) is 0 Å². The maximum absolute atomic E-state index is 8.58. The standard InChI is InChI=1S/C15H13BrN2O2/c16-13-9-15(11-18-10-13)20-8-7-19-14-3-1-12(2-4-14)5-6-17/h1-4,9-11H,5,7-8H2. The molecule has 2 rings (SSSR count). The Labute approximate surface area is 126 Å². The van der Waals surface area contributed by atoms with Gasteiger partial charge in [0.15, 0.2) is 0 Å². The Bertz CT molecular complexity index is 594. The molecule has 0 atom stereocenters.